The van der Waals surface area contributed by atoms with Crippen molar-refractivity contribution in [2.45, 2.75) is 59.0 Å². The molecule has 1 aliphatic rings. The van der Waals surface area contributed by atoms with E-state index in [1.807, 2.05) is 0 Å². The van der Waals surface area contributed by atoms with Crippen molar-refractivity contribution in [1.29, 1.82) is 0 Å². The monoisotopic (exact) mass is 339 g/mol. The van der Waals surface area contributed by atoms with Crippen LogP contribution in [0.1, 0.15) is 45.0 Å². The topological polar surface area (TPSA) is 29.9 Å². The first-order valence-corrected chi connectivity index (χ1v) is 8.43. The van der Waals surface area contributed by atoms with Crippen LogP contribution in [0.5, 0.6) is 0 Å². The van der Waals surface area contributed by atoms with E-state index >= 15 is 0 Å². The fourth-order valence-electron chi connectivity index (χ4n) is 2.44. The van der Waals surface area contributed by atoms with Gasteiger partial charge in [-0.25, -0.2) is 0 Å². The van der Waals surface area contributed by atoms with Crippen LogP contribution in [0.15, 0.2) is 17.1 Å². The molecule has 112 valence electrons. The van der Waals surface area contributed by atoms with Gasteiger partial charge in [0.2, 0.25) is 0 Å². The molecule has 1 unspecified atom stereocenters. The molecule has 0 bridgehead atoms. The Kier molecular flexibility index (Phi) is 5.08. The van der Waals surface area contributed by atoms with E-state index in [0.717, 1.165) is 37.7 Å². The molecule has 1 aliphatic carbocycles. The van der Waals surface area contributed by atoms with Gasteiger partial charge in [-0.15, -0.1) is 6.58 Å². The van der Waals surface area contributed by atoms with Crippen LogP contribution >= 0.6 is 15.9 Å². The predicted octanol–water partition coefficient (Wildman–Crippen LogP) is 3.71. The molecule has 2 rings (SSSR count). The molecule has 0 amide bonds. The first-order chi connectivity index (χ1) is 9.53. The van der Waals surface area contributed by atoms with Crippen LogP contribution in [0.25, 0.3) is 0 Å². The van der Waals surface area contributed by atoms with Gasteiger partial charge < -0.3 is 5.32 Å². The van der Waals surface area contributed by atoms with Gasteiger partial charge in [0.15, 0.2) is 0 Å². The summed E-state index contributed by atoms with van der Waals surface area (Å²) in [6, 6.07) is 0.736. The highest BCUT2D eigenvalue weighted by atomic mass is 79.9. The molecule has 1 atom stereocenters. The average Bonchev–Trinajstić information content (AvgIpc) is 3.24. The number of nitrogens with zero attached hydrogens (tertiary/aromatic N) is 2. The van der Waals surface area contributed by atoms with E-state index in [4.69, 9.17) is 0 Å². The molecule has 0 aromatic carbocycles. The molecule has 1 aromatic heterocycles. The van der Waals surface area contributed by atoms with Gasteiger partial charge in [0.05, 0.1) is 15.9 Å². The minimum Gasteiger partial charge on any atom is -0.313 e. The average molecular weight is 340 g/mol. The fourth-order valence-corrected chi connectivity index (χ4v) is 3.15. The van der Waals surface area contributed by atoms with Crippen molar-refractivity contribution in [1.82, 2.24) is 15.1 Å². The largest absolute Gasteiger partial charge is 0.313 e. The van der Waals surface area contributed by atoms with Crippen molar-refractivity contribution in [3.8, 4) is 0 Å². The first kappa shape index (κ1) is 15.8. The molecule has 3 nitrogen and oxygen atoms in total. The third-order valence-electron chi connectivity index (χ3n) is 4.13. The Labute approximate surface area is 131 Å². The molecule has 1 aromatic rings. The highest BCUT2D eigenvalue weighted by Crippen LogP contribution is 2.31. The summed E-state index contributed by atoms with van der Waals surface area (Å²) < 4.78 is 3.31. The van der Waals surface area contributed by atoms with Crippen molar-refractivity contribution in [2.24, 2.45) is 5.41 Å². The Bertz CT molecular complexity index is 476. The lowest BCUT2D eigenvalue weighted by atomic mass is 9.85. The Morgan fingerprint density at radius 1 is 1.50 bits per heavy atom. The molecule has 20 heavy (non-hydrogen) atoms. The van der Waals surface area contributed by atoms with E-state index < -0.39 is 0 Å². The van der Waals surface area contributed by atoms with E-state index in [9.17, 15) is 0 Å². The second-order valence-corrected chi connectivity index (χ2v) is 6.86. The van der Waals surface area contributed by atoms with Crippen molar-refractivity contribution in [3.05, 3.63) is 28.5 Å². The zero-order chi connectivity index (χ0) is 14.8. The zero-order valence-electron chi connectivity index (χ0n) is 12.9. The maximum atomic E-state index is 4.69. The Morgan fingerprint density at radius 2 is 2.20 bits per heavy atom. The summed E-state index contributed by atoms with van der Waals surface area (Å²) in [7, 11) is 0. The summed E-state index contributed by atoms with van der Waals surface area (Å²) in [6.45, 7) is 12.5. The summed E-state index contributed by atoms with van der Waals surface area (Å²) in [5, 5.41) is 8.32. The van der Waals surface area contributed by atoms with Gasteiger partial charge in [0.25, 0.3) is 0 Å². The predicted molar refractivity (Wildman–Crippen MR) is 88.0 cm³/mol. The number of hydrogen-bond acceptors (Lipinski definition) is 2. The molecule has 0 radical (unpaired) electrons. The molecule has 1 heterocycles. The normalized spacial score (nSPS) is 18.0. The molecular formula is C16H26BrN3. The Hall–Kier alpha value is -0.610. The minimum absolute atomic E-state index is 0.0725. The molecule has 4 heteroatoms. The number of hydrogen-bond donors (Lipinski definition) is 1. The quantitative estimate of drug-likeness (QED) is 0.731. The molecule has 1 fully saturated rings. The summed E-state index contributed by atoms with van der Waals surface area (Å²) in [5.41, 5.74) is 2.52. The number of halogens is 1. The first-order valence-electron chi connectivity index (χ1n) is 7.64. The van der Waals surface area contributed by atoms with Crippen LogP contribution in [-0.4, -0.2) is 22.4 Å². The highest BCUT2D eigenvalue weighted by molar-refractivity contribution is 9.10. The Morgan fingerprint density at radius 3 is 2.70 bits per heavy atom. The standard InChI is InChI=1S/C16H26BrN3/c1-5-13-15(17)14(20(7-3)19-13)10-16(4,6-2)11-18-12-8-9-12/h6,12,18H,2,5,7-11H2,1,3-4H3. The smallest absolute Gasteiger partial charge is 0.0766 e. The van der Waals surface area contributed by atoms with E-state index in [1.54, 1.807) is 0 Å². The van der Waals surface area contributed by atoms with Gasteiger partial charge in [0, 0.05) is 31.0 Å². The second-order valence-electron chi connectivity index (χ2n) is 6.07. The molecule has 0 saturated heterocycles. The van der Waals surface area contributed by atoms with Gasteiger partial charge in [-0.05, 0) is 42.1 Å². The number of aryl methyl sites for hydroxylation is 2. The van der Waals surface area contributed by atoms with Crippen molar-refractivity contribution in [2.75, 3.05) is 6.54 Å². The van der Waals surface area contributed by atoms with E-state index in [0.29, 0.717) is 0 Å². The van der Waals surface area contributed by atoms with Gasteiger partial charge >= 0.3 is 0 Å². The fraction of sp³-hybridized carbons (Fsp3) is 0.688. The number of nitrogens with one attached hydrogen (secondary N) is 1. The van der Waals surface area contributed by atoms with Gasteiger partial charge in [-0.3, -0.25) is 4.68 Å². The van der Waals surface area contributed by atoms with E-state index in [2.05, 4.69) is 64.5 Å². The summed E-state index contributed by atoms with van der Waals surface area (Å²) in [6.07, 6.45) is 6.67. The molecule has 1 saturated carbocycles. The molecule has 1 N–H and O–H groups in total. The van der Waals surface area contributed by atoms with E-state index in [-0.39, 0.29) is 5.41 Å². The minimum atomic E-state index is 0.0725. The highest BCUT2D eigenvalue weighted by Gasteiger charge is 2.29. The van der Waals surface area contributed by atoms with Crippen LogP contribution in [0.4, 0.5) is 0 Å². The lowest BCUT2D eigenvalue weighted by Crippen LogP contribution is -2.34. The maximum absolute atomic E-state index is 4.69. The van der Waals surface area contributed by atoms with E-state index in [1.165, 1.54) is 23.0 Å². The molecule has 0 spiro atoms. The van der Waals surface area contributed by atoms with Crippen molar-refractivity contribution < 1.29 is 0 Å². The molecular weight excluding hydrogens is 314 g/mol. The third kappa shape index (κ3) is 3.53. The summed E-state index contributed by atoms with van der Waals surface area (Å²) in [4.78, 5) is 0. The molecule has 0 aliphatic heterocycles. The van der Waals surface area contributed by atoms with Crippen molar-refractivity contribution >= 4 is 15.9 Å². The van der Waals surface area contributed by atoms with Crippen LogP contribution in [-0.2, 0) is 19.4 Å². The lowest BCUT2D eigenvalue weighted by Gasteiger charge is -2.27. The summed E-state index contributed by atoms with van der Waals surface area (Å²) in [5.74, 6) is 0. The number of aromatic nitrogens is 2. The maximum Gasteiger partial charge on any atom is 0.0766 e. The van der Waals surface area contributed by atoms with Crippen LogP contribution in [0.2, 0.25) is 0 Å². The van der Waals surface area contributed by atoms with Crippen molar-refractivity contribution in [3.63, 3.8) is 0 Å². The third-order valence-corrected chi connectivity index (χ3v) is 5.05. The number of rotatable bonds is 8. The zero-order valence-corrected chi connectivity index (χ0v) is 14.5. The van der Waals surface area contributed by atoms with Crippen LogP contribution < -0.4 is 5.32 Å². The summed E-state index contributed by atoms with van der Waals surface area (Å²) >= 11 is 3.74. The Balaban J connectivity index is 2.16. The van der Waals surface area contributed by atoms with Gasteiger partial charge in [0.1, 0.15) is 0 Å². The SMILES string of the molecule is C=CC(C)(CNC1CC1)Cc1c(Br)c(CC)nn1CC. The van der Waals surface area contributed by atoms with Crippen LogP contribution in [0, 0.1) is 5.41 Å². The second kappa shape index (κ2) is 6.44. The van der Waals surface area contributed by atoms with Crippen LogP contribution in [0.3, 0.4) is 0 Å². The van der Waals surface area contributed by atoms with Gasteiger partial charge in [-0.1, -0.05) is 19.9 Å². The van der Waals surface area contributed by atoms with Gasteiger partial charge in [-0.2, -0.15) is 5.10 Å². The lowest BCUT2D eigenvalue weighted by molar-refractivity contribution is 0.376.